The van der Waals surface area contributed by atoms with E-state index in [2.05, 4.69) is 14.9 Å². The number of ether oxygens (including phenoxy) is 1. The maximum atomic E-state index is 10.6. The predicted molar refractivity (Wildman–Crippen MR) is 68.0 cm³/mol. The van der Waals surface area contributed by atoms with Gasteiger partial charge >= 0.3 is 5.69 Å². The Kier molecular flexibility index (Phi) is 3.29. The van der Waals surface area contributed by atoms with Crippen LogP contribution in [0.15, 0.2) is 12.4 Å². The van der Waals surface area contributed by atoms with Crippen molar-refractivity contribution in [2.75, 3.05) is 24.7 Å². The molecule has 7 heteroatoms. The van der Waals surface area contributed by atoms with E-state index in [-0.39, 0.29) is 5.69 Å². The van der Waals surface area contributed by atoms with Gasteiger partial charge in [-0.1, -0.05) is 0 Å². The third-order valence-corrected chi connectivity index (χ3v) is 3.56. The molecule has 19 heavy (non-hydrogen) atoms. The smallest absolute Gasteiger partial charge is 0.305 e. The van der Waals surface area contributed by atoms with Crippen molar-refractivity contribution in [3.63, 3.8) is 0 Å². The first-order chi connectivity index (χ1) is 9.24. The lowest BCUT2D eigenvalue weighted by atomic mass is 10.1. The van der Waals surface area contributed by atoms with Crippen LogP contribution in [-0.4, -0.2) is 40.7 Å². The summed E-state index contributed by atoms with van der Waals surface area (Å²) in [4.78, 5) is 20.6. The molecule has 0 aromatic carbocycles. The van der Waals surface area contributed by atoms with Crippen molar-refractivity contribution in [3.05, 3.63) is 22.5 Å². The number of hydrogen-bond acceptors (Lipinski definition) is 6. The van der Waals surface area contributed by atoms with Gasteiger partial charge < -0.3 is 9.64 Å². The summed E-state index contributed by atoms with van der Waals surface area (Å²) in [5, 5.41) is 10.6. The lowest BCUT2D eigenvalue weighted by molar-refractivity contribution is -0.385. The second-order valence-corrected chi connectivity index (χ2v) is 5.11. The molecular formula is C12H16N4O3. The molecule has 1 aliphatic carbocycles. The Balaban J connectivity index is 1.73. The normalized spacial score (nSPS) is 22.4. The van der Waals surface area contributed by atoms with E-state index in [9.17, 15) is 10.1 Å². The van der Waals surface area contributed by atoms with E-state index in [4.69, 9.17) is 4.74 Å². The Labute approximate surface area is 110 Å². The third-order valence-electron chi connectivity index (χ3n) is 3.56. The topological polar surface area (TPSA) is 81.4 Å². The van der Waals surface area contributed by atoms with Gasteiger partial charge in [-0.3, -0.25) is 10.1 Å². The maximum Gasteiger partial charge on any atom is 0.305 e. The first kappa shape index (κ1) is 12.3. The average Bonchev–Trinajstić information content (AvgIpc) is 3.13. The lowest BCUT2D eigenvalue weighted by Gasteiger charge is -2.24. The van der Waals surface area contributed by atoms with Crippen LogP contribution >= 0.6 is 0 Å². The molecule has 0 amide bonds. The van der Waals surface area contributed by atoms with Gasteiger partial charge in [-0.2, -0.15) is 0 Å². The van der Waals surface area contributed by atoms with Crippen molar-refractivity contribution in [2.24, 2.45) is 5.92 Å². The van der Waals surface area contributed by atoms with E-state index in [1.54, 1.807) is 0 Å². The van der Waals surface area contributed by atoms with Crippen LogP contribution in [-0.2, 0) is 4.74 Å². The van der Waals surface area contributed by atoms with Crippen molar-refractivity contribution < 1.29 is 9.66 Å². The predicted octanol–water partition coefficient (Wildman–Crippen LogP) is 1.39. The molecule has 1 saturated carbocycles. The minimum Gasteiger partial charge on any atom is -0.381 e. The second kappa shape index (κ2) is 5.08. The fourth-order valence-corrected chi connectivity index (χ4v) is 2.34. The molecule has 0 N–H and O–H groups in total. The average molecular weight is 264 g/mol. The molecule has 1 aromatic rings. The highest BCUT2D eigenvalue weighted by atomic mass is 16.6. The van der Waals surface area contributed by atoms with E-state index >= 15 is 0 Å². The Hall–Kier alpha value is -1.76. The highest BCUT2D eigenvalue weighted by Gasteiger charge is 2.33. The number of anilines is 1. The molecule has 1 aliphatic heterocycles. The van der Waals surface area contributed by atoms with E-state index in [1.165, 1.54) is 12.4 Å². The summed E-state index contributed by atoms with van der Waals surface area (Å²) in [5.74, 6) is 1.11. The van der Waals surface area contributed by atoms with Crippen molar-refractivity contribution in [1.82, 2.24) is 9.97 Å². The molecule has 0 spiro atoms. The first-order valence-corrected chi connectivity index (χ1v) is 6.55. The van der Waals surface area contributed by atoms with Gasteiger partial charge in [0.05, 0.1) is 11.5 Å². The first-order valence-electron chi connectivity index (χ1n) is 6.55. The summed E-state index contributed by atoms with van der Waals surface area (Å²) in [6.45, 7) is 2.49. The van der Waals surface area contributed by atoms with E-state index in [1.807, 2.05) is 0 Å². The number of rotatable bonds is 5. The van der Waals surface area contributed by atoms with Crippen LogP contribution in [0.4, 0.5) is 11.6 Å². The zero-order valence-corrected chi connectivity index (χ0v) is 10.6. The van der Waals surface area contributed by atoms with Gasteiger partial charge in [0, 0.05) is 25.1 Å². The number of nitro groups is 1. The third kappa shape index (κ3) is 2.81. The summed E-state index contributed by atoms with van der Waals surface area (Å²) >= 11 is 0. The number of aromatic nitrogens is 2. The van der Waals surface area contributed by atoms with Crippen LogP contribution in [0.3, 0.4) is 0 Å². The van der Waals surface area contributed by atoms with Crippen LogP contribution in [0.5, 0.6) is 0 Å². The van der Waals surface area contributed by atoms with Gasteiger partial charge in [-0.25, -0.2) is 9.97 Å². The number of nitrogens with zero attached hydrogens (tertiary/aromatic N) is 4. The summed E-state index contributed by atoms with van der Waals surface area (Å²) in [6, 6.07) is 0.488. The molecule has 3 rings (SSSR count). The Morgan fingerprint density at radius 2 is 2.11 bits per heavy atom. The maximum absolute atomic E-state index is 10.6. The molecule has 1 aromatic heterocycles. The van der Waals surface area contributed by atoms with Crippen LogP contribution in [0.25, 0.3) is 0 Å². The lowest BCUT2D eigenvalue weighted by Crippen LogP contribution is -2.33. The van der Waals surface area contributed by atoms with Gasteiger partial charge in [0.25, 0.3) is 0 Å². The summed E-state index contributed by atoms with van der Waals surface area (Å²) < 4.78 is 5.39. The Morgan fingerprint density at radius 3 is 2.63 bits per heavy atom. The van der Waals surface area contributed by atoms with Crippen LogP contribution in [0, 0.1) is 16.0 Å². The molecule has 1 atom stereocenters. The van der Waals surface area contributed by atoms with E-state index < -0.39 is 4.92 Å². The van der Waals surface area contributed by atoms with E-state index in [0.717, 1.165) is 39.0 Å². The standard InChI is InChI=1S/C12H16N4O3/c17-16(18)11-5-13-12(14-6-11)15(10-1-2-10)7-9-3-4-19-8-9/h5-6,9-10H,1-4,7-8H2. The Bertz CT molecular complexity index is 455. The highest BCUT2D eigenvalue weighted by molar-refractivity contribution is 5.37. The summed E-state index contributed by atoms with van der Waals surface area (Å²) in [5.41, 5.74) is -0.0660. The minimum atomic E-state index is -0.476. The molecule has 2 heterocycles. The monoisotopic (exact) mass is 264 g/mol. The number of hydrogen-bond donors (Lipinski definition) is 0. The highest BCUT2D eigenvalue weighted by Crippen LogP contribution is 2.31. The van der Waals surface area contributed by atoms with Crippen molar-refractivity contribution in [1.29, 1.82) is 0 Å². The summed E-state index contributed by atoms with van der Waals surface area (Å²) in [7, 11) is 0. The molecule has 2 fully saturated rings. The van der Waals surface area contributed by atoms with Crippen LogP contribution in [0.1, 0.15) is 19.3 Å². The molecule has 1 saturated heterocycles. The van der Waals surface area contributed by atoms with Crippen molar-refractivity contribution >= 4 is 11.6 Å². The minimum absolute atomic E-state index is 0.0660. The van der Waals surface area contributed by atoms with Crippen molar-refractivity contribution in [2.45, 2.75) is 25.3 Å². The molecule has 102 valence electrons. The summed E-state index contributed by atoms with van der Waals surface area (Å²) in [6.07, 6.45) is 5.92. The van der Waals surface area contributed by atoms with Gasteiger partial charge in [0.1, 0.15) is 12.4 Å². The van der Waals surface area contributed by atoms with Gasteiger partial charge in [-0.15, -0.1) is 0 Å². The quantitative estimate of drug-likeness (QED) is 0.590. The van der Waals surface area contributed by atoms with E-state index in [0.29, 0.717) is 17.9 Å². The molecule has 7 nitrogen and oxygen atoms in total. The SMILES string of the molecule is O=[N+]([O-])c1cnc(N(CC2CCOC2)C2CC2)nc1. The fourth-order valence-electron chi connectivity index (χ4n) is 2.34. The fraction of sp³-hybridized carbons (Fsp3) is 0.667. The van der Waals surface area contributed by atoms with Gasteiger partial charge in [0.15, 0.2) is 0 Å². The molecule has 1 unspecified atom stereocenters. The second-order valence-electron chi connectivity index (χ2n) is 5.11. The van der Waals surface area contributed by atoms with Gasteiger partial charge in [0.2, 0.25) is 5.95 Å². The zero-order valence-electron chi connectivity index (χ0n) is 10.6. The zero-order chi connectivity index (χ0) is 13.2. The van der Waals surface area contributed by atoms with Gasteiger partial charge in [-0.05, 0) is 19.3 Å². The molecule has 0 radical (unpaired) electrons. The molecular weight excluding hydrogens is 248 g/mol. The Morgan fingerprint density at radius 1 is 1.37 bits per heavy atom. The molecule has 2 aliphatic rings. The van der Waals surface area contributed by atoms with Crippen LogP contribution < -0.4 is 4.90 Å². The van der Waals surface area contributed by atoms with Crippen LogP contribution in [0.2, 0.25) is 0 Å². The molecule has 0 bridgehead atoms. The largest absolute Gasteiger partial charge is 0.381 e. The van der Waals surface area contributed by atoms with Crippen molar-refractivity contribution in [3.8, 4) is 0 Å².